The van der Waals surface area contributed by atoms with Crippen LogP contribution in [0, 0.1) is 16.0 Å². The summed E-state index contributed by atoms with van der Waals surface area (Å²) in [6.45, 7) is -0.503. The molecule has 0 fully saturated rings. The summed E-state index contributed by atoms with van der Waals surface area (Å²) < 4.78 is 10.6. The Morgan fingerprint density at radius 2 is 2.35 bits per heavy atom. The van der Waals surface area contributed by atoms with Crippen LogP contribution in [-0.2, 0) is 9.59 Å². The number of rotatable bonds is 5. The van der Waals surface area contributed by atoms with Crippen molar-refractivity contribution in [1.82, 2.24) is 0 Å². The van der Waals surface area contributed by atoms with Crippen LogP contribution in [0.1, 0.15) is 11.5 Å². The first-order valence-electron chi connectivity index (χ1n) is 5.99. The van der Waals surface area contributed by atoms with Crippen molar-refractivity contribution in [3.05, 3.63) is 33.9 Å². The van der Waals surface area contributed by atoms with Crippen molar-refractivity contribution < 1.29 is 24.0 Å². The SMILES string of the molecule is COc1cccc2c1C(C[N+](=O)[O-])C(C(=O)C=O)CO2. The average Bonchev–Trinajstić information content (AvgIpc) is 2.45. The molecule has 106 valence electrons. The monoisotopic (exact) mass is 279 g/mol. The molecule has 7 heteroatoms. The smallest absolute Gasteiger partial charge is 0.211 e. The standard InChI is InChI=1S/C13H13NO6/c1-19-11-3-2-4-12-13(11)8(5-14(17)18)9(7-20-12)10(16)6-15/h2-4,6,8-9H,5,7H2,1H3. The van der Waals surface area contributed by atoms with Crippen LogP contribution in [0.15, 0.2) is 18.2 Å². The molecule has 2 atom stereocenters. The average molecular weight is 279 g/mol. The van der Waals surface area contributed by atoms with Gasteiger partial charge in [0.05, 0.1) is 25.6 Å². The second-order valence-corrected chi connectivity index (χ2v) is 4.43. The molecule has 0 bridgehead atoms. The lowest BCUT2D eigenvalue weighted by Gasteiger charge is -2.30. The molecule has 20 heavy (non-hydrogen) atoms. The summed E-state index contributed by atoms with van der Waals surface area (Å²) >= 11 is 0. The molecular weight excluding hydrogens is 266 g/mol. The predicted molar refractivity (Wildman–Crippen MR) is 67.7 cm³/mol. The van der Waals surface area contributed by atoms with E-state index >= 15 is 0 Å². The molecule has 0 amide bonds. The molecule has 0 aromatic heterocycles. The Balaban J connectivity index is 2.50. The first kappa shape index (κ1) is 14.0. The Hall–Kier alpha value is -2.44. The lowest BCUT2D eigenvalue weighted by molar-refractivity contribution is -0.484. The third kappa shape index (κ3) is 2.47. The highest BCUT2D eigenvalue weighted by atomic mass is 16.6. The molecule has 1 aliphatic rings. The highest BCUT2D eigenvalue weighted by molar-refractivity contribution is 6.26. The number of ether oxygens (including phenoxy) is 2. The van der Waals surface area contributed by atoms with Crippen molar-refractivity contribution in [2.75, 3.05) is 20.3 Å². The van der Waals surface area contributed by atoms with E-state index in [0.717, 1.165) is 0 Å². The summed E-state index contributed by atoms with van der Waals surface area (Å²) in [6.07, 6.45) is 0.182. The summed E-state index contributed by atoms with van der Waals surface area (Å²) in [5.74, 6) is -1.43. The summed E-state index contributed by atoms with van der Waals surface area (Å²) in [6, 6.07) is 5.00. The normalized spacial score (nSPS) is 20.4. The van der Waals surface area contributed by atoms with Gasteiger partial charge in [-0.25, -0.2) is 0 Å². The zero-order valence-corrected chi connectivity index (χ0v) is 10.8. The molecule has 0 saturated carbocycles. The van der Waals surface area contributed by atoms with Crippen LogP contribution >= 0.6 is 0 Å². The number of hydrogen-bond donors (Lipinski definition) is 0. The minimum atomic E-state index is -0.860. The van der Waals surface area contributed by atoms with E-state index in [0.29, 0.717) is 17.1 Å². The quantitative estimate of drug-likeness (QED) is 0.343. The molecule has 0 aliphatic carbocycles. The largest absolute Gasteiger partial charge is 0.496 e. The van der Waals surface area contributed by atoms with Gasteiger partial charge >= 0.3 is 0 Å². The minimum absolute atomic E-state index is 0.0454. The highest BCUT2D eigenvalue weighted by Crippen LogP contribution is 2.42. The van der Waals surface area contributed by atoms with Crippen molar-refractivity contribution in [1.29, 1.82) is 0 Å². The van der Waals surface area contributed by atoms with E-state index < -0.39 is 29.1 Å². The number of carbonyl (C=O) groups excluding carboxylic acids is 2. The molecule has 0 radical (unpaired) electrons. The summed E-state index contributed by atoms with van der Waals surface area (Å²) in [5.41, 5.74) is 0.471. The predicted octanol–water partition coefficient (Wildman–Crippen LogP) is 0.832. The number of ketones is 1. The molecule has 1 aliphatic heterocycles. The molecule has 1 aromatic carbocycles. The zero-order chi connectivity index (χ0) is 14.7. The third-order valence-corrected chi connectivity index (χ3v) is 3.35. The van der Waals surface area contributed by atoms with Crippen molar-refractivity contribution in [2.45, 2.75) is 5.92 Å². The van der Waals surface area contributed by atoms with Gasteiger partial charge in [-0.15, -0.1) is 0 Å². The topological polar surface area (TPSA) is 95.7 Å². The molecule has 2 unspecified atom stereocenters. The zero-order valence-electron chi connectivity index (χ0n) is 10.8. The molecule has 0 saturated heterocycles. The summed E-state index contributed by atoms with van der Waals surface area (Å²) in [7, 11) is 1.43. The van der Waals surface area contributed by atoms with Gasteiger partial charge in [0.2, 0.25) is 12.3 Å². The molecule has 1 aromatic rings. The molecule has 0 spiro atoms. The first-order valence-corrected chi connectivity index (χ1v) is 5.99. The number of carbonyl (C=O) groups is 2. The molecule has 2 rings (SSSR count). The Morgan fingerprint density at radius 1 is 1.60 bits per heavy atom. The summed E-state index contributed by atoms with van der Waals surface area (Å²) in [4.78, 5) is 32.7. The van der Waals surface area contributed by atoms with Crippen LogP contribution in [0.2, 0.25) is 0 Å². The second-order valence-electron chi connectivity index (χ2n) is 4.43. The maximum atomic E-state index is 11.7. The van der Waals surface area contributed by atoms with Crippen LogP contribution in [0.3, 0.4) is 0 Å². The van der Waals surface area contributed by atoms with E-state index in [1.165, 1.54) is 7.11 Å². The highest BCUT2D eigenvalue weighted by Gasteiger charge is 2.40. The molecule has 1 heterocycles. The van der Waals surface area contributed by atoms with Gasteiger partial charge in [0.25, 0.3) is 0 Å². The van der Waals surface area contributed by atoms with Gasteiger partial charge in [-0.1, -0.05) is 6.07 Å². The number of fused-ring (bicyclic) bond motifs is 1. The van der Waals surface area contributed by atoms with Gasteiger partial charge in [-0.2, -0.15) is 0 Å². The number of benzene rings is 1. The van der Waals surface area contributed by atoms with Gasteiger partial charge < -0.3 is 9.47 Å². The van der Waals surface area contributed by atoms with Gasteiger partial charge in [0, 0.05) is 10.5 Å². The van der Waals surface area contributed by atoms with E-state index in [-0.39, 0.29) is 12.9 Å². The van der Waals surface area contributed by atoms with Crippen molar-refractivity contribution >= 4 is 12.1 Å². The number of nitro groups is 1. The van der Waals surface area contributed by atoms with E-state index in [4.69, 9.17) is 9.47 Å². The maximum Gasteiger partial charge on any atom is 0.211 e. The van der Waals surface area contributed by atoms with Gasteiger partial charge in [-0.3, -0.25) is 19.7 Å². The minimum Gasteiger partial charge on any atom is -0.496 e. The van der Waals surface area contributed by atoms with E-state index in [1.54, 1.807) is 18.2 Å². The van der Waals surface area contributed by atoms with Crippen molar-refractivity contribution in [3.8, 4) is 11.5 Å². The lowest BCUT2D eigenvalue weighted by Crippen LogP contribution is -2.36. The van der Waals surface area contributed by atoms with Crippen LogP contribution in [0.5, 0.6) is 11.5 Å². The molecule has 7 nitrogen and oxygen atoms in total. The second kappa shape index (κ2) is 5.68. The van der Waals surface area contributed by atoms with Crippen molar-refractivity contribution in [3.63, 3.8) is 0 Å². The Morgan fingerprint density at radius 3 is 2.95 bits per heavy atom. The van der Waals surface area contributed by atoms with E-state index in [9.17, 15) is 19.7 Å². The fourth-order valence-corrected chi connectivity index (χ4v) is 2.44. The number of nitrogens with zero attached hydrogens (tertiary/aromatic N) is 1. The fraction of sp³-hybridized carbons (Fsp3) is 0.385. The Labute approximate surface area is 114 Å². The number of hydrogen-bond acceptors (Lipinski definition) is 6. The van der Waals surface area contributed by atoms with Gasteiger partial charge in [-0.05, 0) is 12.1 Å². The maximum absolute atomic E-state index is 11.7. The molecular formula is C13H13NO6. The Bertz CT molecular complexity index is 542. The number of Topliss-reactive ketones (excluding diaryl/α,β-unsaturated/α-hetero) is 1. The van der Waals surface area contributed by atoms with Gasteiger partial charge in [0.1, 0.15) is 11.5 Å². The molecule has 0 N–H and O–H groups in total. The van der Waals surface area contributed by atoms with Gasteiger partial charge in [0.15, 0.2) is 6.29 Å². The first-order chi connectivity index (χ1) is 9.58. The third-order valence-electron chi connectivity index (χ3n) is 3.35. The van der Waals surface area contributed by atoms with E-state index in [1.807, 2.05) is 0 Å². The fourth-order valence-electron chi connectivity index (χ4n) is 2.44. The lowest BCUT2D eigenvalue weighted by atomic mass is 9.81. The van der Waals surface area contributed by atoms with E-state index in [2.05, 4.69) is 0 Å². The summed E-state index contributed by atoms with van der Waals surface area (Å²) in [5, 5.41) is 10.9. The van der Waals surface area contributed by atoms with Crippen molar-refractivity contribution in [2.24, 2.45) is 5.92 Å². The number of aldehydes is 1. The Kier molecular flexibility index (Phi) is 3.97. The van der Waals surface area contributed by atoms with Crippen LogP contribution < -0.4 is 9.47 Å². The van der Waals surface area contributed by atoms with Crippen LogP contribution in [-0.4, -0.2) is 37.3 Å². The van der Waals surface area contributed by atoms with Crippen LogP contribution in [0.25, 0.3) is 0 Å². The number of methoxy groups -OCH3 is 1. The van der Waals surface area contributed by atoms with Crippen LogP contribution in [0.4, 0.5) is 0 Å².